The van der Waals surface area contributed by atoms with Crippen molar-refractivity contribution in [2.45, 2.75) is 25.5 Å². The molecule has 1 fully saturated rings. The molecule has 2 atom stereocenters. The summed E-state index contributed by atoms with van der Waals surface area (Å²) >= 11 is 6.21. The van der Waals surface area contributed by atoms with Crippen LogP contribution in [0.25, 0.3) is 0 Å². The Hall–Kier alpha value is -1.10. The largest absolute Gasteiger partial charge is 0.369 e. The second kappa shape index (κ2) is 7.07. The standard InChI is InChI=1S/C15H21ClN2O2/c1-11-10-20-14(12-5-3-4-6-13(12)16)9-18(11)15(19)7-8-17-2/h3-6,11,14,17H,7-10H2,1-2H3. The Bertz CT molecular complexity index is 467. The summed E-state index contributed by atoms with van der Waals surface area (Å²) < 4.78 is 5.85. The molecular formula is C15H21ClN2O2. The average molecular weight is 297 g/mol. The zero-order valence-corrected chi connectivity index (χ0v) is 12.7. The number of morpholine rings is 1. The molecule has 1 N–H and O–H groups in total. The zero-order chi connectivity index (χ0) is 14.5. The van der Waals surface area contributed by atoms with E-state index in [-0.39, 0.29) is 18.1 Å². The number of hydrogen-bond donors (Lipinski definition) is 1. The second-order valence-electron chi connectivity index (χ2n) is 5.09. The summed E-state index contributed by atoms with van der Waals surface area (Å²) in [7, 11) is 1.85. The number of benzene rings is 1. The smallest absolute Gasteiger partial charge is 0.224 e. The van der Waals surface area contributed by atoms with E-state index < -0.39 is 0 Å². The molecule has 1 amide bonds. The Morgan fingerprint density at radius 3 is 2.95 bits per heavy atom. The number of carbonyl (C=O) groups is 1. The molecule has 1 aromatic carbocycles. The zero-order valence-electron chi connectivity index (χ0n) is 11.9. The maximum Gasteiger partial charge on any atom is 0.224 e. The molecule has 110 valence electrons. The lowest BCUT2D eigenvalue weighted by Crippen LogP contribution is -2.48. The first kappa shape index (κ1) is 15.3. The number of rotatable bonds is 4. The highest BCUT2D eigenvalue weighted by Gasteiger charge is 2.30. The third-order valence-electron chi connectivity index (χ3n) is 3.59. The number of carbonyl (C=O) groups excluding carboxylic acids is 1. The second-order valence-corrected chi connectivity index (χ2v) is 5.50. The van der Waals surface area contributed by atoms with Gasteiger partial charge in [-0.15, -0.1) is 0 Å². The Balaban J connectivity index is 2.08. The summed E-state index contributed by atoms with van der Waals surface area (Å²) in [6.07, 6.45) is 0.370. The minimum absolute atomic E-state index is 0.109. The summed E-state index contributed by atoms with van der Waals surface area (Å²) in [5.74, 6) is 0.159. The normalized spacial score (nSPS) is 22.9. The monoisotopic (exact) mass is 296 g/mol. The molecule has 1 aliphatic heterocycles. The lowest BCUT2D eigenvalue weighted by Gasteiger charge is -2.38. The van der Waals surface area contributed by atoms with Gasteiger partial charge in [0, 0.05) is 23.6 Å². The first-order chi connectivity index (χ1) is 9.63. The molecule has 20 heavy (non-hydrogen) atoms. The van der Waals surface area contributed by atoms with Crippen LogP contribution in [0.2, 0.25) is 5.02 Å². The van der Waals surface area contributed by atoms with Gasteiger partial charge in [-0.1, -0.05) is 29.8 Å². The molecule has 1 aromatic rings. The van der Waals surface area contributed by atoms with Crippen molar-refractivity contribution in [3.05, 3.63) is 34.9 Å². The van der Waals surface area contributed by atoms with Gasteiger partial charge >= 0.3 is 0 Å². The fourth-order valence-corrected chi connectivity index (χ4v) is 2.66. The third kappa shape index (κ3) is 3.51. The van der Waals surface area contributed by atoms with Gasteiger partial charge in [0.15, 0.2) is 0 Å². The molecule has 0 saturated carbocycles. The molecule has 2 unspecified atom stereocenters. The van der Waals surface area contributed by atoms with E-state index in [0.29, 0.717) is 31.1 Å². The van der Waals surface area contributed by atoms with Crippen molar-refractivity contribution in [1.82, 2.24) is 10.2 Å². The fraction of sp³-hybridized carbons (Fsp3) is 0.533. The number of ether oxygens (including phenoxy) is 1. The van der Waals surface area contributed by atoms with Gasteiger partial charge in [0.05, 0.1) is 19.2 Å². The fourth-order valence-electron chi connectivity index (χ4n) is 2.40. The predicted molar refractivity (Wildman–Crippen MR) is 79.9 cm³/mol. The molecule has 0 radical (unpaired) electrons. The highest BCUT2D eigenvalue weighted by atomic mass is 35.5. The van der Waals surface area contributed by atoms with Gasteiger partial charge < -0.3 is 15.0 Å². The van der Waals surface area contributed by atoms with Crippen LogP contribution < -0.4 is 5.32 Å². The van der Waals surface area contributed by atoms with Crippen molar-refractivity contribution in [2.75, 3.05) is 26.7 Å². The highest BCUT2D eigenvalue weighted by molar-refractivity contribution is 6.31. The van der Waals surface area contributed by atoms with E-state index in [9.17, 15) is 4.79 Å². The molecule has 1 heterocycles. The lowest BCUT2D eigenvalue weighted by molar-refractivity contribution is -0.144. The van der Waals surface area contributed by atoms with E-state index in [1.165, 1.54) is 0 Å². The van der Waals surface area contributed by atoms with Gasteiger partial charge in [-0.25, -0.2) is 0 Å². The highest BCUT2D eigenvalue weighted by Crippen LogP contribution is 2.30. The molecule has 1 saturated heterocycles. The molecule has 2 rings (SSSR count). The van der Waals surface area contributed by atoms with Crippen LogP contribution in [0.3, 0.4) is 0 Å². The number of halogens is 1. The Labute approximate surface area is 125 Å². The van der Waals surface area contributed by atoms with Gasteiger partial charge in [0.25, 0.3) is 0 Å². The van der Waals surface area contributed by atoms with Gasteiger partial charge in [-0.05, 0) is 20.0 Å². The average Bonchev–Trinajstić information content (AvgIpc) is 2.46. The Morgan fingerprint density at radius 2 is 2.25 bits per heavy atom. The first-order valence-corrected chi connectivity index (χ1v) is 7.31. The van der Waals surface area contributed by atoms with Gasteiger partial charge in [0.1, 0.15) is 6.10 Å². The van der Waals surface area contributed by atoms with E-state index in [1.54, 1.807) is 0 Å². The van der Waals surface area contributed by atoms with Gasteiger partial charge in [-0.3, -0.25) is 4.79 Å². The lowest BCUT2D eigenvalue weighted by atomic mass is 10.1. The molecule has 1 aliphatic rings. The van der Waals surface area contributed by atoms with Crippen LogP contribution >= 0.6 is 11.6 Å². The van der Waals surface area contributed by atoms with Crippen molar-refractivity contribution in [2.24, 2.45) is 0 Å². The van der Waals surface area contributed by atoms with Crippen LogP contribution in [-0.2, 0) is 9.53 Å². The minimum atomic E-state index is -0.140. The summed E-state index contributed by atoms with van der Waals surface area (Å²) in [4.78, 5) is 14.1. The number of hydrogen-bond acceptors (Lipinski definition) is 3. The van der Waals surface area contributed by atoms with Crippen LogP contribution in [0.15, 0.2) is 24.3 Å². The molecule has 0 aromatic heterocycles. The quantitative estimate of drug-likeness (QED) is 0.926. The van der Waals surface area contributed by atoms with Crippen molar-refractivity contribution < 1.29 is 9.53 Å². The number of nitrogens with zero attached hydrogens (tertiary/aromatic N) is 1. The summed E-state index contributed by atoms with van der Waals surface area (Å²) in [5, 5.41) is 3.69. The van der Waals surface area contributed by atoms with Crippen LogP contribution in [0.5, 0.6) is 0 Å². The van der Waals surface area contributed by atoms with Crippen molar-refractivity contribution >= 4 is 17.5 Å². The minimum Gasteiger partial charge on any atom is -0.369 e. The Kier molecular flexibility index (Phi) is 5.40. The van der Waals surface area contributed by atoms with Crippen molar-refractivity contribution in [3.8, 4) is 0 Å². The summed E-state index contributed by atoms with van der Waals surface area (Å²) in [6, 6.07) is 7.76. The first-order valence-electron chi connectivity index (χ1n) is 6.93. The van der Waals surface area contributed by atoms with E-state index >= 15 is 0 Å². The van der Waals surface area contributed by atoms with Crippen LogP contribution in [0.1, 0.15) is 25.0 Å². The van der Waals surface area contributed by atoms with E-state index in [0.717, 1.165) is 5.56 Å². The van der Waals surface area contributed by atoms with Gasteiger partial charge in [0.2, 0.25) is 5.91 Å². The maximum absolute atomic E-state index is 12.2. The Morgan fingerprint density at radius 1 is 1.50 bits per heavy atom. The molecular weight excluding hydrogens is 276 g/mol. The van der Waals surface area contributed by atoms with E-state index in [1.807, 2.05) is 43.1 Å². The van der Waals surface area contributed by atoms with Crippen molar-refractivity contribution in [3.63, 3.8) is 0 Å². The van der Waals surface area contributed by atoms with E-state index in [2.05, 4.69) is 5.32 Å². The van der Waals surface area contributed by atoms with E-state index in [4.69, 9.17) is 16.3 Å². The van der Waals surface area contributed by atoms with Crippen LogP contribution in [0, 0.1) is 0 Å². The maximum atomic E-state index is 12.2. The molecule has 0 bridgehead atoms. The third-order valence-corrected chi connectivity index (χ3v) is 3.94. The topological polar surface area (TPSA) is 41.6 Å². The van der Waals surface area contributed by atoms with Crippen molar-refractivity contribution in [1.29, 1.82) is 0 Å². The molecule has 0 spiro atoms. The van der Waals surface area contributed by atoms with Crippen LogP contribution in [-0.4, -0.2) is 43.6 Å². The molecule has 4 nitrogen and oxygen atoms in total. The molecule has 5 heteroatoms. The number of amides is 1. The van der Waals surface area contributed by atoms with Gasteiger partial charge in [-0.2, -0.15) is 0 Å². The molecule has 0 aliphatic carbocycles. The SMILES string of the molecule is CNCCC(=O)N1CC(c2ccccc2Cl)OCC1C. The van der Waals surface area contributed by atoms with Crippen LogP contribution in [0.4, 0.5) is 0 Å². The summed E-state index contributed by atoms with van der Waals surface area (Å²) in [6.45, 7) is 3.81. The number of nitrogens with one attached hydrogen (secondary N) is 1. The summed E-state index contributed by atoms with van der Waals surface area (Å²) in [5.41, 5.74) is 0.951. The predicted octanol–water partition coefficient (Wildman–Crippen LogP) is 2.24.